The predicted octanol–water partition coefficient (Wildman–Crippen LogP) is 1.24. The molecule has 0 radical (unpaired) electrons. The van der Waals surface area contributed by atoms with Crippen LogP contribution in [0.25, 0.3) is 0 Å². The van der Waals surface area contributed by atoms with Gasteiger partial charge < -0.3 is 34.5 Å². The fraction of sp³-hybridized carbons (Fsp3) is 0.826. The summed E-state index contributed by atoms with van der Waals surface area (Å²) in [6.07, 6.45) is 0.560. The topological polar surface area (TPSA) is 185 Å². The lowest BCUT2D eigenvalue weighted by atomic mass is 10.2. The van der Waals surface area contributed by atoms with E-state index in [-0.39, 0.29) is 51.3 Å². The number of phosphoric ester groups is 1. The van der Waals surface area contributed by atoms with E-state index in [2.05, 4.69) is 10.6 Å². The van der Waals surface area contributed by atoms with Gasteiger partial charge in [0.05, 0.1) is 26.4 Å². The minimum atomic E-state index is -4.53. The Morgan fingerprint density at radius 2 is 1.39 bits per heavy atom. The first kappa shape index (κ1) is 35.9. The zero-order chi connectivity index (χ0) is 28.7. The van der Waals surface area contributed by atoms with Crippen molar-refractivity contribution >= 4 is 31.6 Å². The van der Waals surface area contributed by atoms with Gasteiger partial charge in [-0.3, -0.25) is 28.2 Å². The second-order valence-electron chi connectivity index (χ2n) is 7.82. The number of rotatable bonds is 24. The van der Waals surface area contributed by atoms with Crippen LogP contribution in [0.4, 0.5) is 0 Å². The molecule has 2 atom stereocenters. The van der Waals surface area contributed by atoms with Crippen LogP contribution in [-0.4, -0.2) is 94.1 Å². The lowest BCUT2D eigenvalue weighted by Gasteiger charge is -2.19. The van der Waals surface area contributed by atoms with Gasteiger partial charge >= 0.3 is 19.8 Å². The van der Waals surface area contributed by atoms with Gasteiger partial charge in [0.15, 0.2) is 6.10 Å². The number of nitrogens with one attached hydrogen (secondary N) is 2. The Morgan fingerprint density at radius 3 is 2.03 bits per heavy atom. The van der Waals surface area contributed by atoms with E-state index in [9.17, 15) is 28.6 Å². The number of carbonyl (C=O) groups is 4. The number of phosphoric acid groups is 1. The van der Waals surface area contributed by atoms with Gasteiger partial charge in [-0.15, -0.1) is 0 Å². The molecule has 0 aliphatic carbocycles. The van der Waals surface area contributed by atoms with E-state index in [4.69, 9.17) is 28.0 Å². The van der Waals surface area contributed by atoms with Crippen molar-refractivity contribution in [3.63, 3.8) is 0 Å². The third-order valence-corrected chi connectivity index (χ3v) is 5.59. The largest absolute Gasteiger partial charge is 0.472 e. The van der Waals surface area contributed by atoms with Gasteiger partial charge in [0.25, 0.3) is 0 Å². The molecule has 0 aromatic carbocycles. The number of amides is 2. The summed E-state index contributed by atoms with van der Waals surface area (Å²) in [7, 11) is -4.53. The zero-order valence-corrected chi connectivity index (χ0v) is 23.5. The SMILES string of the molecule is CCOCCOCCCCNC(=O)CCC(=O)NCCOP(=O)(O)OC[C@@H](COC(=O)CC)OC(=O)CC. The van der Waals surface area contributed by atoms with Gasteiger partial charge in [-0.2, -0.15) is 0 Å². The summed E-state index contributed by atoms with van der Waals surface area (Å²) in [5.74, 6) is -1.82. The predicted molar refractivity (Wildman–Crippen MR) is 135 cm³/mol. The van der Waals surface area contributed by atoms with E-state index >= 15 is 0 Å². The molecule has 0 rings (SSSR count). The molecule has 38 heavy (non-hydrogen) atoms. The molecule has 1 unspecified atom stereocenters. The fourth-order valence-electron chi connectivity index (χ4n) is 2.56. The molecule has 2 amide bonds. The molecule has 0 aliphatic heterocycles. The van der Waals surface area contributed by atoms with Crippen molar-refractivity contribution in [1.82, 2.24) is 10.6 Å². The van der Waals surface area contributed by atoms with Crippen LogP contribution in [0.3, 0.4) is 0 Å². The summed E-state index contributed by atoms with van der Waals surface area (Å²) < 4.78 is 42.1. The number of unbranched alkanes of at least 4 members (excludes halogenated alkanes) is 1. The van der Waals surface area contributed by atoms with E-state index in [1.54, 1.807) is 13.8 Å². The molecule has 0 aromatic heterocycles. The van der Waals surface area contributed by atoms with E-state index in [1.165, 1.54) is 0 Å². The quantitative estimate of drug-likeness (QED) is 0.0858. The van der Waals surface area contributed by atoms with Gasteiger partial charge in [0.1, 0.15) is 6.61 Å². The Morgan fingerprint density at radius 1 is 0.763 bits per heavy atom. The molecular weight excluding hydrogens is 527 g/mol. The van der Waals surface area contributed by atoms with Crippen LogP contribution in [0.5, 0.6) is 0 Å². The van der Waals surface area contributed by atoms with Crippen molar-refractivity contribution in [2.75, 3.05) is 59.3 Å². The molecular formula is C23H43N2O12P. The maximum absolute atomic E-state index is 12.0. The summed E-state index contributed by atoms with van der Waals surface area (Å²) >= 11 is 0. The average Bonchev–Trinajstić information content (AvgIpc) is 2.90. The molecule has 0 heterocycles. The van der Waals surface area contributed by atoms with E-state index in [1.807, 2.05) is 6.92 Å². The highest BCUT2D eigenvalue weighted by Gasteiger charge is 2.25. The molecule has 14 nitrogen and oxygen atoms in total. The monoisotopic (exact) mass is 570 g/mol. The second-order valence-corrected chi connectivity index (χ2v) is 9.27. The van der Waals surface area contributed by atoms with Crippen LogP contribution in [0.15, 0.2) is 0 Å². The lowest BCUT2D eigenvalue weighted by molar-refractivity contribution is -0.160. The van der Waals surface area contributed by atoms with Crippen LogP contribution in [0.2, 0.25) is 0 Å². The maximum atomic E-state index is 12.0. The third-order valence-electron chi connectivity index (χ3n) is 4.60. The second kappa shape index (κ2) is 22.9. The molecule has 3 N–H and O–H groups in total. The third kappa shape index (κ3) is 21.9. The fourth-order valence-corrected chi connectivity index (χ4v) is 3.32. The van der Waals surface area contributed by atoms with Gasteiger partial charge in [0, 0.05) is 52.0 Å². The van der Waals surface area contributed by atoms with E-state index < -0.39 is 38.4 Å². The van der Waals surface area contributed by atoms with E-state index in [0.717, 1.165) is 12.8 Å². The average molecular weight is 571 g/mol. The van der Waals surface area contributed by atoms with Crippen molar-refractivity contribution < 1.29 is 56.6 Å². The molecule has 0 aliphatic rings. The van der Waals surface area contributed by atoms with Crippen LogP contribution < -0.4 is 10.6 Å². The number of hydrogen-bond acceptors (Lipinski definition) is 11. The molecule has 15 heteroatoms. The summed E-state index contributed by atoms with van der Waals surface area (Å²) in [6.45, 7) is 6.55. The summed E-state index contributed by atoms with van der Waals surface area (Å²) in [5.41, 5.74) is 0. The molecule has 0 spiro atoms. The highest BCUT2D eigenvalue weighted by atomic mass is 31.2. The Bertz CT molecular complexity index is 737. The van der Waals surface area contributed by atoms with Crippen molar-refractivity contribution in [3.05, 3.63) is 0 Å². The summed E-state index contributed by atoms with van der Waals surface area (Å²) in [6, 6.07) is 0. The maximum Gasteiger partial charge on any atom is 0.472 e. The van der Waals surface area contributed by atoms with Crippen LogP contribution in [-0.2, 0) is 51.7 Å². The van der Waals surface area contributed by atoms with Gasteiger partial charge in [-0.25, -0.2) is 4.57 Å². The highest BCUT2D eigenvalue weighted by Crippen LogP contribution is 2.43. The van der Waals surface area contributed by atoms with Gasteiger partial charge in [0.2, 0.25) is 11.8 Å². The van der Waals surface area contributed by atoms with Crippen LogP contribution in [0, 0.1) is 0 Å². The highest BCUT2D eigenvalue weighted by molar-refractivity contribution is 7.47. The number of ether oxygens (including phenoxy) is 4. The number of esters is 2. The van der Waals surface area contributed by atoms with Gasteiger partial charge in [-0.05, 0) is 19.8 Å². The van der Waals surface area contributed by atoms with E-state index in [0.29, 0.717) is 33.0 Å². The Balaban J connectivity index is 4.02. The molecule has 0 bridgehead atoms. The summed E-state index contributed by atoms with van der Waals surface area (Å²) in [5, 5.41) is 5.19. The summed E-state index contributed by atoms with van der Waals surface area (Å²) in [4.78, 5) is 56.3. The van der Waals surface area contributed by atoms with Crippen molar-refractivity contribution in [1.29, 1.82) is 0 Å². The Labute approximate surface area is 224 Å². The molecule has 0 aromatic rings. The number of carbonyl (C=O) groups excluding carboxylic acids is 4. The van der Waals surface area contributed by atoms with Crippen LogP contribution in [0.1, 0.15) is 59.3 Å². The van der Waals surface area contributed by atoms with Gasteiger partial charge in [-0.1, -0.05) is 13.8 Å². The molecule has 0 saturated heterocycles. The van der Waals surface area contributed by atoms with Crippen molar-refractivity contribution in [2.24, 2.45) is 0 Å². The zero-order valence-electron chi connectivity index (χ0n) is 22.6. The molecule has 222 valence electrons. The van der Waals surface area contributed by atoms with Crippen LogP contribution >= 0.6 is 7.82 Å². The lowest BCUT2D eigenvalue weighted by Crippen LogP contribution is -2.30. The normalized spacial score (nSPS) is 13.3. The molecule has 0 saturated carbocycles. The number of hydrogen-bond donors (Lipinski definition) is 3. The smallest absolute Gasteiger partial charge is 0.462 e. The standard InChI is InChI=1S/C23H43N2O12P/c1-4-22(28)34-17-19(37-23(29)5-2)18-36-38(30,31)35-14-12-25-21(27)10-9-20(26)24-11-7-8-13-33-16-15-32-6-3/h19H,4-18H2,1-3H3,(H,24,26)(H,25,27)(H,30,31)/t19-/m1/s1. The van der Waals surface area contributed by atoms with Crippen molar-refractivity contribution in [3.8, 4) is 0 Å². The minimum Gasteiger partial charge on any atom is -0.462 e. The first-order chi connectivity index (χ1) is 18.1. The first-order valence-corrected chi connectivity index (χ1v) is 14.3. The minimum absolute atomic E-state index is 0.000372. The Hall–Kier alpha value is -2.09. The van der Waals surface area contributed by atoms with Crippen molar-refractivity contribution in [2.45, 2.75) is 65.4 Å². The Kier molecular flexibility index (Phi) is 21.6. The first-order valence-electron chi connectivity index (χ1n) is 12.8. The molecule has 0 fully saturated rings.